The van der Waals surface area contributed by atoms with Crippen LogP contribution in [0.5, 0.6) is 17.2 Å². The lowest BCUT2D eigenvalue weighted by atomic mass is 9.99. The van der Waals surface area contributed by atoms with Crippen molar-refractivity contribution in [2.75, 3.05) is 252 Å². The monoisotopic (exact) mass is 1830 g/mol. The van der Waals surface area contributed by atoms with E-state index in [1.54, 1.807) is 50.6 Å². The number of nitrogens with one attached hydrogen (secondary N) is 4. The molecule has 0 spiro atoms. The van der Waals surface area contributed by atoms with Crippen molar-refractivity contribution in [3.63, 3.8) is 0 Å². The zero-order valence-corrected chi connectivity index (χ0v) is 71.2. The molecule has 0 unspecified atom stereocenters. The number of ether oxygens (including phenoxy) is 19. The summed E-state index contributed by atoms with van der Waals surface area (Å²) in [6, 6.07) is 11.0. The van der Waals surface area contributed by atoms with Gasteiger partial charge in [0.15, 0.2) is 36.4 Å². The standard InChI is InChI=1S/C45H59F4N3O16.C39H59N3O16.2CH4/c1-59-17-18-63-25-26-64-22-19-60-14-2-3-37(53)36(29-32-4-6-33(7-5-32)67-31-42(58)68-45-43(48)34(46)30-35(47)44(45)49)51-39(55)11-15-61-20-23-65-27-28-66-24-21-62-16-12-50-38(54)10-13-52-40(56)8-9-41(52)57;1-50-17-18-54-25-26-55-22-19-51-14-2-3-34(43)33(29-31-4-6-32(7-5-31)58-30-39(48)49)41-36(45)11-15-52-20-23-56-27-28-57-24-21-53-16-12-40-35(44)10-13-42-37(46)8-9-38(42)47;;/h4-9,30,36H,2-3,10-29,31H2,1H3,(H,50,54)(H,51,55);4-9,33H,2-3,10-30H2,1H3,(H,40,44)(H,41,45)(H,48,49);2*1H4/t36-;33-;;/m00../s1. The summed E-state index contributed by atoms with van der Waals surface area (Å²) in [7, 11) is 3.19. The van der Waals surface area contributed by atoms with Crippen LogP contribution in [-0.4, -0.2) is 350 Å². The minimum Gasteiger partial charge on any atom is -0.482 e. The van der Waals surface area contributed by atoms with E-state index in [1.165, 1.54) is 24.3 Å². The van der Waals surface area contributed by atoms with Crippen molar-refractivity contribution in [2.24, 2.45) is 0 Å². The number of rotatable bonds is 77. The number of ketones is 2. The van der Waals surface area contributed by atoms with Gasteiger partial charge in [0.1, 0.15) is 11.5 Å². The Balaban J connectivity index is 0.000000864. The summed E-state index contributed by atoms with van der Waals surface area (Å²) in [5, 5.41) is 19.7. The molecule has 38 nitrogen and oxygen atoms in total. The molecule has 0 bridgehead atoms. The molecule has 0 radical (unpaired) electrons. The Morgan fingerprint density at radius 1 is 0.359 bits per heavy atom. The summed E-state index contributed by atoms with van der Waals surface area (Å²) in [4.78, 5) is 147. The maximum atomic E-state index is 13.9. The molecular weight excluding hydrogens is 1700 g/mol. The third kappa shape index (κ3) is 54.6. The number of carboxylic acids is 1. The van der Waals surface area contributed by atoms with Crippen LogP contribution in [0.2, 0.25) is 0 Å². The zero-order valence-electron chi connectivity index (χ0n) is 71.2. The number of nitrogens with zero attached hydrogens (tertiary/aromatic N) is 2. The number of carboxylic acid groups (broad SMARTS) is 1. The van der Waals surface area contributed by atoms with Gasteiger partial charge in [0.2, 0.25) is 41.0 Å². The normalized spacial score (nSPS) is 12.6. The number of hydrogen-bond donors (Lipinski definition) is 5. The molecule has 3 aromatic carbocycles. The van der Waals surface area contributed by atoms with E-state index in [4.69, 9.17) is 90.4 Å². The summed E-state index contributed by atoms with van der Waals surface area (Å²) in [6.07, 6.45) is 6.13. The van der Waals surface area contributed by atoms with E-state index in [-0.39, 0.29) is 200 Å². The van der Waals surface area contributed by atoms with Crippen LogP contribution in [0, 0.1) is 23.3 Å². The van der Waals surface area contributed by atoms with Gasteiger partial charge in [-0.2, -0.15) is 8.78 Å². The number of Topliss-reactive ketones (excluding diaryl/α,β-unsaturated/α-hetero) is 2. The molecule has 0 fully saturated rings. The van der Waals surface area contributed by atoms with Crippen LogP contribution in [0.4, 0.5) is 17.6 Å². The highest BCUT2D eigenvalue weighted by Crippen LogP contribution is 2.27. The largest absolute Gasteiger partial charge is 0.482 e. The number of carbonyl (C=O) groups is 12. The van der Waals surface area contributed by atoms with Gasteiger partial charge in [-0.15, -0.1) is 0 Å². The molecule has 2 heterocycles. The molecule has 5 rings (SSSR count). The van der Waals surface area contributed by atoms with Gasteiger partial charge in [0, 0.05) is 123 Å². The SMILES string of the molecule is C.C.COCCOCCOCCOCCCC(=O)[C@H](Cc1ccc(OCC(=O)O)cc1)NC(=O)CCOCCOCCOCCOCCNC(=O)CCN1C(=O)C=CC1=O.COCCOCCOCCOCCCC(=O)[C@H](Cc1ccc(OCC(=O)Oc2c(F)c(F)cc(F)c2F)cc1)NC(=O)CCOCCOCCOCCOCCNC(=O)CCN1C(=O)C=CC1=O. The molecule has 0 saturated heterocycles. The van der Waals surface area contributed by atoms with Gasteiger partial charge in [0.05, 0.1) is 197 Å². The van der Waals surface area contributed by atoms with Crippen molar-refractivity contribution in [3.05, 3.63) is 113 Å². The number of hydrogen-bond acceptors (Lipinski definition) is 31. The molecule has 5 N–H and O–H groups in total. The Labute approximate surface area is 742 Å². The van der Waals surface area contributed by atoms with Crippen LogP contribution in [-0.2, 0) is 146 Å². The first kappa shape index (κ1) is 114. The van der Waals surface area contributed by atoms with Crippen LogP contribution >= 0.6 is 0 Å². The Kier molecular flexibility index (Phi) is 65.3. The number of methoxy groups -OCH3 is 2. The second kappa shape index (κ2) is 73.1. The summed E-state index contributed by atoms with van der Waals surface area (Å²) in [6.45, 7) is 9.20. The van der Waals surface area contributed by atoms with Crippen LogP contribution in [0.15, 0.2) is 78.9 Å². The molecule has 0 aliphatic carbocycles. The predicted octanol–water partition coefficient (Wildman–Crippen LogP) is 3.57. The van der Waals surface area contributed by atoms with E-state index in [0.717, 1.165) is 27.5 Å². The van der Waals surface area contributed by atoms with Gasteiger partial charge in [-0.3, -0.25) is 57.7 Å². The van der Waals surface area contributed by atoms with Gasteiger partial charge in [0.25, 0.3) is 23.6 Å². The fourth-order valence-corrected chi connectivity index (χ4v) is 10.7. The quantitative estimate of drug-likeness (QED) is 0.0135. The molecule has 128 heavy (non-hydrogen) atoms. The Morgan fingerprint density at radius 2 is 0.648 bits per heavy atom. The summed E-state index contributed by atoms with van der Waals surface area (Å²) < 4.78 is 156. The van der Waals surface area contributed by atoms with Crippen molar-refractivity contribution in [2.45, 2.75) is 91.1 Å². The van der Waals surface area contributed by atoms with Gasteiger partial charge >= 0.3 is 11.9 Å². The highest BCUT2D eigenvalue weighted by Gasteiger charge is 2.28. The van der Waals surface area contributed by atoms with E-state index in [9.17, 15) is 75.1 Å². The number of esters is 1. The third-order valence-corrected chi connectivity index (χ3v) is 17.2. The van der Waals surface area contributed by atoms with Crippen molar-refractivity contribution in [3.8, 4) is 17.2 Å². The highest BCUT2D eigenvalue weighted by atomic mass is 19.2. The first-order valence-electron chi connectivity index (χ1n) is 41.1. The van der Waals surface area contributed by atoms with Crippen LogP contribution in [0.3, 0.4) is 0 Å². The molecule has 2 aliphatic rings. The van der Waals surface area contributed by atoms with E-state index in [2.05, 4.69) is 26.0 Å². The number of imide groups is 2. The van der Waals surface area contributed by atoms with E-state index in [1.807, 2.05) is 0 Å². The molecule has 0 aromatic heterocycles. The van der Waals surface area contributed by atoms with Crippen molar-refractivity contribution < 1.29 is 170 Å². The lowest BCUT2D eigenvalue weighted by Crippen LogP contribution is -2.42. The number of halogens is 4. The minimum atomic E-state index is -1.88. The van der Waals surface area contributed by atoms with E-state index < -0.39 is 95.8 Å². The molecular formula is C86H126F4N6O32. The van der Waals surface area contributed by atoms with Crippen LogP contribution in [0.1, 0.15) is 77.3 Å². The Hall–Kier alpha value is -9.74. The molecule has 2 aliphatic heterocycles. The number of benzene rings is 3. The van der Waals surface area contributed by atoms with Crippen molar-refractivity contribution >= 4 is 70.8 Å². The number of aliphatic carboxylic acids is 1. The fraction of sp³-hybridized carbons (Fsp3) is 0.605. The van der Waals surface area contributed by atoms with Crippen LogP contribution in [0.25, 0.3) is 0 Å². The Bertz CT molecular complexity index is 3700. The fourth-order valence-electron chi connectivity index (χ4n) is 10.7. The molecule has 42 heteroatoms. The van der Waals surface area contributed by atoms with Gasteiger partial charge in [-0.1, -0.05) is 39.1 Å². The summed E-state index contributed by atoms with van der Waals surface area (Å²) in [5.74, 6) is -14.2. The van der Waals surface area contributed by atoms with Crippen molar-refractivity contribution in [1.82, 2.24) is 31.1 Å². The average molecular weight is 1830 g/mol. The molecule has 8 amide bonds. The topological polar surface area (TPSA) is 455 Å². The third-order valence-electron chi connectivity index (χ3n) is 17.2. The Morgan fingerprint density at radius 3 is 0.961 bits per heavy atom. The molecule has 3 aromatic rings. The van der Waals surface area contributed by atoms with Gasteiger partial charge in [-0.05, 0) is 61.1 Å². The maximum Gasteiger partial charge on any atom is 0.349 e. The second-order valence-corrected chi connectivity index (χ2v) is 26.9. The minimum absolute atomic E-state index is 0. The number of amides is 8. The van der Waals surface area contributed by atoms with Gasteiger partial charge < -0.3 is 116 Å². The first-order valence-corrected chi connectivity index (χ1v) is 41.1. The molecule has 2 atom stereocenters. The van der Waals surface area contributed by atoms with E-state index >= 15 is 0 Å². The highest BCUT2D eigenvalue weighted by molar-refractivity contribution is 6.13. The van der Waals surface area contributed by atoms with Crippen LogP contribution < -0.4 is 35.5 Å². The maximum absolute atomic E-state index is 13.9. The molecule has 720 valence electrons. The lowest BCUT2D eigenvalue weighted by Gasteiger charge is -2.18. The van der Waals surface area contributed by atoms with E-state index in [0.29, 0.717) is 156 Å². The zero-order chi connectivity index (χ0) is 91.4. The smallest absolute Gasteiger partial charge is 0.349 e. The first-order chi connectivity index (χ1) is 61.1. The second-order valence-electron chi connectivity index (χ2n) is 26.9. The molecule has 0 saturated carbocycles. The summed E-state index contributed by atoms with van der Waals surface area (Å²) >= 11 is 0. The average Bonchev–Trinajstić information content (AvgIpc) is 0.961. The van der Waals surface area contributed by atoms with Crippen molar-refractivity contribution in [1.29, 1.82) is 0 Å². The van der Waals surface area contributed by atoms with Gasteiger partial charge in [-0.25, -0.2) is 18.4 Å². The predicted molar refractivity (Wildman–Crippen MR) is 448 cm³/mol. The number of carbonyl (C=O) groups excluding carboxylic acids is 11. The summed E-state index contributed by atoms with van der Waals surface area (Å²) in [5.41, 5.74) is 1.36. The lowest BCUT2D eigenvalue weighted by molar-refractivity contribution is -0.140.